The summed E-state index contributed by atoms with van der Waals surface area (Å²) in [4.78, 5) is 29.5. The minimum absolute atomic E-state index is 0.0548. The number of nitrogens with one attached hydrogen (secondary N) is 1. The van der Waals surface area contributed by atoms with Crippen LogP contribution in [0.2, 0.25) is 0 Å². The number of sulfone groups is 1. The Morgan fingerprint density at radius 2 is 1.71 bits per heavy atom. The largest absolute Gasteiger partial charge is 0.476 e. The van der Waals surface area contributed by atoms with Crippen LogP contribution in [0, 0.1) is 0 Å². The van der Waals surface area contributed by atoms with Crippen molar-refractivity contribution in [1.29, 1.82) is 0 Å². The lowest BCUT2D eigenvalue weighted by molar-refractivity contribution is 0.0689. The monoisotopic (exact) mass is 315 g/mol. The smallest absolute Gasteiger partial charge is 0.356 e. The van der Waals surface area contributed by atoms with Crippen LogP contribution in [0.25, 0.3) is 0 Å². The molecular weight excluding hydrogens is 298 g/mol. The fourth-order valence-corrected chi connectivity index (χ4v) is 2.23. The van der Waals surface area contributed by atoms with Gasteiger partial charge in [-0.05, 0) is 20.8 Å². The van der Waals surface area contributed by atoms with Crippen LogP contribution < -0.4 is 5.32 Å². The molecule has 0 fully saturated rings. The fourth-order valence-electron chi connectivity index (χ4n) is 1.25. The van der Waals surface area contributed by atoms with Gasteiger partial charge >= 0.3 is 5.97 Å². The lowest BCUT2D eigenvalue weighted by atomic mass is 10.3. The van der Waals surface area contributed by atoms with Gasteiger partial charge in [0.1, 0.15) is 5.69 Å². The first-order valence-electron chi connectivity index (χ1n) is 6.10. The normalized spacial score (nSPS) is 12.0. The highest BCUT2D eigenvalue weighted by Crippen LogP contribution is 2.15. The topological polar surface area (TPSA) is 126 Å². The molecule has 8 nitrogen and oxygen atoms in total. The quantitative estimate of drug-likeness (QED) is 0.790. The van der Waals surface area contributed by atoms with E-state index in [9.17, 15) is 18.0 Å². The number of carbonyl (C=O) groups excluding carboxylic acids is 1. The summed E-state index contributed by atoms with van der Waals surface area (Å²) in [5.41, 5.74) is -0.352. The van der Waals surface area contributed by atoms with Crippen LogP contribution in [0.4, 0.5) is 0 Å². The molecule has 2 N–H and O–H groups in total. The Hall–Kier alpha value is -2.03. The van der Waals surface area contributed by atoms with Crippen molar-refractivity contribution in [3.8, 4) is 0 Å². The van der Waals surface area contributed by atoms with E-state index in [4.69, 9.17) is 5.11 Å². The summed E-state index contributed by atoms with van der Waals surface area (Å²) in [7, 11) is -3.32. The van der Waals surface area contributed by atoms with E-state index in [1.807, 2.05) is 0 Å². The number of hydrogen-bond acceptors (Lipinski definition) is 6. The molecule has 116 valence electrons. The van der Waals surface area contributed by atoms with E-state index in [1.54, 1.807) is 20.8 Å². The standard InChI is InChI=1S/C12H17N3O5S/c1-12(2,3)21(19,20)5-4-13-10(16)8-6-15-9(7-14-8)11(17)18/h6-7H,4-5H2,1-3H3,(H,13,16)(H,17,18). The first kappa shape index (κ1) is 17.0. The van der Waals surface area contributed by atoms with E-state index >= 15 is 0 Å². The van der Waals surface area contributed by atoms with Crippen molar-refractivity contribution >= 4 is 21.7 Å². The highest BCUT2D eigenvalue weighted by molar-refractivity contribution is 7.92. The molecule has 9 heteroatoms. The molecule has 0 aliphatic heterocycles. The molecule has 0 saturated carbocycles. The number of aromatic carboxylic acids is 1. The zero-order valence-electron chi connectivity index (χ0n) is 12.0. The molecule has 0 saturated heterocycles. The van der Waals surface area contributed by atoms with Crippen molar-refractivity contribution in [2.45, 2.75) is 25.5 Å². The van der Waals surface area contributed by atoms with Gasteiger partial charge in [-0.2, -0.15) is 0 Å². The molecule has 0 aliphatic carbocycles. The molecular formula is C12H17N3O5S. The molecule has 1 aromatic rings. The van der Waals surface area contributed by atoms with E-state index in [0.717, 1.165) is 12.4 Å². The van der Waals surface area contributed by atoms with Crippen molar-refractivity contribution in [1.82, 2.24) is 15.3 Å². The SMILES string of the molecule is CC(C)(C)S(=O)(=O)CCNC(=O)c1cnc(C(=O)O)cn1. The lowest BCUT2D eigenvalue weighted by Crippen LogP contribution is -2.36. The average Bonchev–Trinajstić information content (AvgIpc) is 2.37. The number of carbonyl (C=O) groups is 2. The van der Waals surface area contributed by atoms with Gasteiger partial charge < -0.3 is 10.4 Å². The third-order valence-corrected chi connectivity index (χ3v) is 5.30. The van der Waals surface area contributed by atoms with Crippen molar-refractivity contribution in [3.63, 3.8) is 0 Å². The number of nitrogens with zero attached hydrogens (tertiary/aromatic N) is 2. The minimum Gasteiger partial charge on any atom is -0.476 e. The Kier molecular flexibility index (Phi) is 5.00. The molecule has 1 amide bonds. The summed E-state index contributed by atoms with van der Waals surface area (Å²) in [6, 6.07) is 0. The molecule has 1 rings (SSSR count). The molecule has 1 aromatic heterocycles. The van der Waals surface area contributed by atoms with Crippen molar-refractivity contribution in [3.05, 3.63) is 23.8 Å². The van der Waals surface area contributed by atoms with Crippen molar-refractivity contribution < 1.29 is 23.1 Å². The second-order valence-corrected chi connectivity index (χ2v) is 8.14. The number of aromatic nitrogens is 2. The van der Waals surface area contributed by atoms with Crippen molar-refractivity contribution in [2.75, 3.05) is 12.3 Å². The maximum absolute atomic E-state index is 11.8. The first-order chi connectivity index (χ1) is 9.54. The third-order valence-electron chi connectivity index (χ3n) is 2.69. The van der Waals surface area contributed by atoms with E-state index in [1.165, 1.54) is 0 Å². The molecule has 1 heterocycles. The number of rotatable bonds is 5. The van der Waals surface area contributed by atoms with Crippen LogP contribution in [-0.4, -0.2) is 52.4 Å². The summed E-state index contributed by atoms with van der Waals surface area (Å²) < 4.78 is 22.8. The van der Waals surface area contributed by atoms with Crippen LogP contribution in [0.3, 0.4) is 0 Å². The molecule has 0 spiro atoms. The number of carboxylic acids is 1. The highest BCUT2D eigenvalue weighted by atomic mass is 32.2. The minimum atomic E-state index is -3.32. The van der Waals surface area contributed by atoms with Gasteiger partial charge in [-0.15, -0.1) is 0 Å². The lowest BCUT2D eigenvalue weighted by Gasteiger charge is -2.19. The van der Waals surface area contributed by atoms with E-state index in [2.05, 4.69) is 15.3 Å². The van der Waals surface area contributed by atoms with Crippen LogP contribution in [0.5, 0.6) is 0 Å². The van der Waals surface area contributed by atoms with E-state index in [0.29, 0.717) is 0 Å². The van der Waals surface area contributed by atoms with Crippen molar-refractivity contribution in [2.24, 2.45) is 0 Å². The zero-order valence-corrected chi connectivity index (χ0v) is 12.8. The van der Waals surface area contributed by atoms with Gasteiger partial charge in [0, 0.05) is 6.54 Å². The number of carboxylic acid groups (broad SMARTS) is 1. The second kappa shape index (κ2) is 6.17. The first-order valence-corrected chi connectivity index (χ1v) is 7.75. The van der Waals surface area contributed by atoms with Gasteiger partial charge in [0.2, 0.25) is 0 Å². The molecule has 0 aliphatic rings. The second-order valence-electron chi connectivity index (χ2n) is 5.28. The van der Waals surface area contributed by atoms with Gasteiger partial charge in [0.25, 0.3) is 5.91 Å². The van der Waals surface area contributed by atoms with Crippen LogP contribution in [0.1, 0.15) is 41.7 Å². The molecule has 0 bridgehead atoms. The van der Waals surface area contributed by atoms with Crippen LogP contribution >= 0.6 is 0 Å². The van der Waals surface area contributed by atoms with E-state index < -0.39 is 26.5 Å². The van der Waals surface area contributed by atoms with Gasteiger partial charge in [-0.25, -0.2) is 23.2 Å². The molecule has 0 atom stereocenters. The van der Waals surface area contributed by atoms with E-state index in [-0.39, 0.29) is 23.7 Å². The van der Waals surface area contributed by atoms with Gasteiger partial charge in [0.05, 0.1) is 22.9 Å². The average molecular weight is 315 g/mol. The number of hydrogen-bond donors (Lipinski definition) is 2. The Morgan fingerprint density at radius 3 is 2.14 bits per heavy atom. The zero-order chi connectivity index (χ0) is 16.3. The third kappa shape index (κ3) is 4.48. The molecule has 0 radical (unpaired) electrons. The molecule has 21 heavy (non-hydrogen) atoms. The fraction of sp³-hybridized carbons (Fsp3) is 0.500. The Balaban J connectivity index is 2.61. The Morgan fingerprint density at radius 1 is 1.19 bits per heavy atom. The molecule has 0 unspecified atom stereocenters. The summed E-state index contributed by atoms with van der Waals surface area (Å²) in [6.45, 7) is 4.70. The maximum Gasteiger partial charge on any atom is 0.356 e. The summed E-state index contributed by atoms with van der Waals surface area (Å²) in [5.74, 6) is -2.04. The summed E-state index contributed by atoms with van der Waals surface area (Å²) >= 11 is 0. The molecule has 0 aromatic carbocycles. The maximum atomic E-state index is 11.8. The van der Waals surface area contributed by atoms with Crippen LogP contribution in [-0.2, 0) is 9.84 Å². The number of amides is 1. The van der Waals surface area contributed by atoms with Gasteiger partial charge in [-0.1, -0.05) is 0 Å². The summed E-state index contributed by atoms with van der Waals surface area (Å²) in [5, 5.41) is 11.1. The summed E-state index contributed by atoms with van der Waals surface area (Å²) in [6.07, 6.45) is 1.99. The van der Waals surface area contributed by atoms with Gasteiger partial charge in [0.15, 0.2) is 15.5 Å². The Bertz CT molecular complexity index is 632. The predicted molar refractivity (Wildman–Crippen MR) is 74.9 cm³/mol. The van der Waals surface area contributed by atoms with Crippen LogP contribution in [0.15, 0.2) is 12.4 Å². The van der Waals surface area contributed by atoms with Gasteiger partial charge in [-0.3, -0.25) is 4.79 Å². The highest BCUT2D eigenvalue weighted by Gasteiger charge is 2.28. The predicted octanol–water partition coefficient (Wildman–Crippen LogP) is 0.118. The Labute approximate surface area is 122 Å².